The molecule has 6 nitrogen and oxygen atoms in total. The summed E-state index contributed by atoms with van der Waals surface area (Å²) in [6.45, 7) is 3.95. The number of aromatic amines is 1. The Hall–Kier alpha value is -2.96. The molecule has 1 aromatic heterocycles. The van der Waals surface area contributed by atoms with Crippen LogP contribution in [0.1, 0.15) is 33.4 Å². The molecule has 0 aliphatic carbocycles. The van der Waals surface area contributed by atoms with Crippen molar-refractivity contribution in [2.24, 2.45) is 0 Å². The predicted molar refractivity (Wildman–Crippen MR) is 89.7 cm³/mol. The molecule has 0 bridgehead atoms. The lowest BCUT2D eigenvalue weighted by Crippen LogP contribution is -2.53. The largest absolute Gasteiger partial charge is 0.362 e. The highest BCUT2D eigenvalue weighted by Gasteiger charge is 2.36. The monoisotopic (exact) mass is 343 g/mol. The van der Waals surface area contributed by atoms with Gasteiger partial charge in [-0.15, -0.1) is 0 Å². The number of benzene rings is 1. The number of aryl methyl sites for hydroxylation is 2. The minimum absolute atomic E-state index is 0.0208. The van der Waals surface area contributed by atoms with Gasteiger partial charge in [0.05, 0.1) is 0 Å². The molecule has 7 heteroatoms. The van der Waals surface area contributed by atoms with Gasteiger partial charge in [0.25, 0.3) is 5.91 Å². The molecule has 1 aliphatic rings. The van der Waals surface area contributed by atoms with Gasteiger partial charge >= 0.3 is 0 Å². The number of rotatable bonds is 2. The minimum Gasteiger partial charge on any atom is -0.362 e. The first-order valence-corrected chi connectivity index (χ1v) is 7.93. The van der Waals surface area contributed by atoms with Crippen molar-refractivity contribution < 1.29 is 14.0 Å². The highest BCUT2D eigenvalue weighted by Crippen LogP contribution is 2.25. The first kappa shape index (κ1) is 16.9. The summed E-state index contributed by atoms with van der Waals surface area (Å²) in [5.74, 6) is -1.29. The van der Waals surface area contributed by atoms with E-state index in [-0.39, 0.29) is 23.4 Å². The molecule has 1 atom stereocenters. The second kappa shape index (κ2) is 6.51. The Bertz CT molecular complexity index is 889. The van der Waals surface area contributed by atoms with Crippen LogP contribution >= 0.6 is 0 Å². The summed E-state index contributed by atoms with van der Waals surface area (Å²) < 4.78 is 13.2. The lowest BCUT2D eigenvalue weighted by molar-refractivity contribution is -0.128. The van der Waals surface area contributed by atoms with Gasteiger partial charge in [0, 0.05) is 30.5 Å². The van der Waals surface area contributed by atoms with Gasteiger partial charge in [-0.1, -0.05) is 12.1 Å². The second-order valence-electron chi connectivity index (χ2n) is 6.06. The molecule has 1 saturated heterocycles. The van der Waals surface area contributed by atoms with E-state index in [1.54, 1.807) is 13.8 Å². The average molecular weight is 343 g/mol. The Morgan fingerprint density at radius 1 is 1.20 bits per heavy atom. The minimum atomic E-state index is -0.901. The Morgan fingerprint density at radius 3 is 2.52 bits per heavy atom. The quantitative estimate of drug-likeness (QED) is 0.866. The van der Waals surface area contributed by atoms with E-state index in [0.29, 0.717) is 23.5 Å². The van der Waals surface area contributed by atoms with E-state index in [1.165, 1.54) is 35.2 Å². The van der Waals surface area contributed by atoms with Crippen molar-refractivity contribution in [2.75, 3.05) is 13.1 Å². The zero-order chi connectivity index (χ0) is 18.1. The van der Waals surface area contributed by atoms with Crippen molar-refractivity contribution in [2.45, 2.75) is 19.9 Å². The third kappa shape index (κ3) is 3.17. The topological polar surface area (TPSA) is 82.3 Å². The fourth-order valence-electron chi connectivity index (χ4n) is 3.12. The summed E-state index contributed by atoms with van der Waals surface area (Å²) in [4.78, 5) is 42.0. The van der Waals surface area contributed by atoms with Crippen LogP contribution in [0.15, 0.2) is 35.1 Å². The lowest BCUT2D eigenvalue weighted by Gasteiger charge is -2.35. The summed E-state index contributed by atoms with van der Waals surface area (Å²) in [6, 6.07) is 5.88. The van der Waals surface area contributed by atoms with Crippen molar-refractivity contribution >= 4 is 11.8 Å². The number of nitrogens with zero attached hydrogens (tertiary/aromatic N) is 1. The fourth-order valence-corrected chi connectivity index (χ4v) is 3.12. The number of hydrogen-bond donors (Lipinski definition) is 2. The number of nitrogens with one attached hydrogen (secondary N) is 2. The van der Waals surface area contributed by atoms with Crippen LogP contribution in [0.4, 0.5) is 4.39 Å². The third-order valence-electron chi connectivity index (χ3n) is 4.23. The summed E-state index contributed by atoms with van der Waals surface area (Å²) in [7, 11) is 0. The maximum Gasteiger partial charge on any atom is 0.260 e. The van der Waals surface area contributed by atoms with Gasteiger partial charge in [0.1, 0.15) is 17.4 Å². The maximum absolute atomic E-state index is 13.2. The zero-order valence-corrected chi connectivity index (χ0v) is 13.9. The van der Waals surface area contributed by atoms with E-state index in [0.717, 1.165) is 0 Å². The number of carbonyl (C=O) groups is 2. The SMILES string of the molecule is Cc1cc(=O)c(C(=O)N2CCNC(=O)[C@@H]2c2ccc(F)cc2)c(C)[nH]1. The van der Waals surface area contributed by atoms with Crippen LogP contribution in [0.5, 0.6) is 0 Å². The van der Waals surface area contributed by atoms with Gasteiger partial charge in [-0.2, -0.15) is 0 Å². The number of piperazine rings is 1. The normalized spacial score (nSPS) is 17.3. The van der Waals surface area contributed by atoms with E-state index in [4.69, 9.17) is 0 Å². The van der Waals surface area contributed by atoms with E-state index in [1.807, 2.05) is 0 Å². The van der Waals surface area contributed by atoms with Gasteiger partial charge in [-0.3, -0.25) is 14.4 Å². The molecule has 0 saturated carbocycles. The molecule has 0 unspecified atom stereocenters. The Balaban J connectivity index is 2.04. The van der Waals surface area contributed by atoms with Gasteiger partial charge < -0.3 is 15.2 Å². The molecule has 130 valence electrons. The Kier molecular flexibility index (Phi) is 4.39. The Morgan fingerprint density at radius 2 is 1.88 bits per heavy atom. The molecular formula is C18H18FN3O3. The van der Waals surface area contributed by atoms with Crippen LogP contribution in [-0.4, -0.2) is 34.8 Å². The van der Waals surface area contributed by atoms with Crippen LogP contribution in [0.3, 0.4) is 0 Å². The molecule has 3 rings (SSSR count). The van der Waals surface area contributed by atoms with Crippen molar-refractivity contribution in [3.05, 3.63) is 68.9 Å². The number of aromatic nitrogens is 1. The molecule has 2 amide bonds. The van der Waals surface area contributed by atoms with E-state index < -0.39 is 17.8 Å². The molecule has 1 fully saturated rings. The summed E-state index contributed by atoms with van der Waals surface area (Å²) >= 11 is 0. The maximum atomic E-state index is 13.2. The van der Waals surface area contributed by atoms with Crippen LogP contribution < -0.4 is 10.7 Å². The van der Waals surface area contributed by atoms with E-state index in [9.17, 15) is 18.8 Å². The van der Waals surface area contributed by atoms with Crippen LogP contribution in [0.25, 0.3) is 0 Å². The number of amides is 2. The smallest absolute Gasteiger partial charge is 0.260 e. The van der Waals surface area contributed by atoms with Gasteiger partial charge in [-0.25, -0.2) is 4.39 Å². The second-order valence-corrected chi connectivity index (χ2v) is 6.06. The molecule has 2 N–H and O–H groups in total. The van der Waals surface area contributed by atoms with Gasteiger partial charge in [0.2, 0.25) is 5.91 Å². The first-order chi connectivity index (χ1) is 11.9. The standard InChI is InChI=1S/C18H18FN3O3/c1-10-9-14(23)15(11(2)21-10)18(25)22-8-7-20-17(24)16(22)12-3-5-13(19)6-4-12/h3-6,9,16H,7-8H2,1-2H3,(H,20,24)(H,21,23)/t16-/m0/s1. The number of hydrogen-bond acceptors (Lipinski definition) is 3. The predicted octanol–water partition coefficient (Wildman–Crippen LogP) is 1.44. The fraction of sp³-hybridized carbons (Fsp3) is 0.278. The highest BCUT2D eigenvalue weighted by molar-refractivity contribution is 5.99. The number of pyridine rings is 1. The van der Waals surface area contributed by atoms with Crippen molar-refractivity contribution in [3.8, 4) is 0 Å². The van der Waals surface area contributed by atoms with Crippen molar-refractivity contribution in [3.63, 3.8) is 0 Å². The summed E-state index contributed by atoms with van der Waals surface area (Å²) in [5.41, 5.74) is 1.24. The average Bonchev–Trinajstić information content (AvgIpc) is 2.54. The van der Waals surface area contributed by atoms with Crippen LogP contribution in [0.2, 0.25) is 0 Å². The molecular weight excluding hydrogens is 325 g/mol. The summed E-state index contributed by atoms with van der Waals surface area (Å²) in [6.07, 6.45) is 0. The number of carbonyl (C=O) groups excluding carboxylic acids is 2. The summed E-state index contributed by atoms with van der Waals surface area (Å²) in [5, 5.41) is 2.71. The zero-order valence-electron chi connectivity index (χ0n) is 13.9. The Labute approximate surface area is 143 Å². The number of H-pyrrole nitrogens is 1. The van der Waals surface area contributed by atoms with E-state index >= 15 is 0 Å². The van der Waals surface area contributed by atoms with Crippen LogP contribution in [0, 0.1) is 19.7 Å². The first-order valence-electron chi connectivity index (χ1n) is 7.93. The molecule has 0 spiro atoms. The van der Waals surface area contributed by atoms with Crippen molar-refractivity contribution in [1.82, 2.24) is 15.2 Å². The molecule has 2 heterocycles. The molecule has 0 radical (unpaired) electrons. The van der Waals surface area contributed by atoms with Crippen molar-refractivity contribution in [1.29, 1.82) is 0 Å². The lowest BCUT2D eigenvalue weighted by atomic mass is 10.0. The highest BCUT2D eigenvalue weighted by atomic mass is 19.1. The van der Waals surface area contributed by atoms with Crippen LogP contribution in [-0.2, 0) is 4.79 Å². The molecule has 25 heavy (non-hydrogen) atoms. The molecule has 1 aromatic carbocycles. The van der Waals surface area contributed by atoms with E-state index in [2.05, 4.69) is 10.3 Å². The van der Waals surface area contributed by atoms with Gasteiger partial charge in [0.15, 0.2) is 5.43 Å². The number of halogens is 1. The van der Waals surface area contributed by atoms with Gasteiger partial charge in [-0.05, 0) is 31.5 Å². The molecule has 1 aliphatic heterocycles. The molecule has 2 aromatic rings. The third-order valence-corrected chi connectivity index (χ3v) is 4.23.